The highest BCUT2D eigenvalue weighted by Gasteiger charge is 2.43. The Balaban J connectivity index is 1.44. The summed E-state index contributed by atoms with van der Waals surface area (Å²) in [5.41, 5.74) is 4.97. The van der Waals surface area contributed by atoms with Crippen LogP contribution in [0.2, 0.25) is 0 Å². The van der Waals surface area contributed by atoms with Gasteiger partial charge in [-0.2, -0.15) is 0 Å². The number of hydrogen-bond donors (Lipinski definition) is 0. The van der Waals surface area contributed by atoms with Crippen molar-refractivity contribution in [3.63, 3.8) is 0 Å². The third-order valence-electron chi connectivity index (χ3n) is 5.86. The third-order valence-corrected chi connectivity index (χ3v) is 7.70. The maximum Gasteiger partial charge on any atom is 0.261 e. The zero-order valence-electron chi connectivity index (χ0n) is 17.0. The molecule has 4 aromatic rings. The molecule has 4 heterocycles. The van der Waals surface area contributed by atoms with Crippen molar-refractivity contribution < 1.29 is 9.59 Å². The van der Waals surface area contributed by atoms with E-state index >= 15 is 0 Å². The maximum absolute atomic E-state index is 13.7. The molecule has 32 heavy (non-hydrogen) atoms. The van der Waals surface area contributed by atoms with Crippen LogP contribution in [0.25, 0.3) is 11.1 Å². The van der Waals surface area contributed by atoms with Gasteiger partial charge in [-0.3, -0.25) is 9.59 Å². The highest BCUT2D eigenvalue weighted by atomic mass is 32.1. The van der Waals surface area contributed by atoms with E-state index in [0.717, 1.165) is 32.3 Å². The Kier molecular flexibility index (Phi) is 4.56. The molecule has 0 spiro atoms. The minimum atomic E-state index is -0.0973. The molecule has 6 rings (SSSR count). The van der Waals surface area contributed by atoms with Crippen molar-refractivity contribution in [3.8, 4) is 0 Å². The molecule has 2 aliphatic rings. The number of carbonyl (C=O) groups excluding carboxylic acids is 2. The summed E-state index contributed by atoms with van der Waals surface area (Å²) in [6.45, 7) is 0.971. The number of thiophene rings is 2. The standard InChI is InChI=1S/C26H18N2O2S2/c29-25-21(23-19(11-13-31-23)27(25)15-17-7-3-1-4-8-17)22-24-20(12-14-32-24)28(26(22)30)16-18-9-5-2-6-10-18/h1-14H,15-16H2. The first kappa shape index (κ1) is 19.2. The van der Waals surface area contributed by atoms with Gasteiger partial charge in [-0.25, -0.2) is 0 Å². The number of rotatable bonds is 4. The Morgan fingerprint density at radius 1 is 0.562 bits per heavy atom. The van der Waals surface area contributed by atoms with Gasteiger partial charge in [0.1, 0.15) is 0 Å². The van der Waals surface area contributed by atoms with Crippen LogP contribution in [0.15, 0.2) is 83.6 Å². The van der Waals surface area contributed by atoms with E-state index in [1.54, 1.807) is 9.80 Å². The molecule has 0 aliphatic carbocycles. The second-order valence-corrected chi connectivity index (χ2v) is 9.61. The van der Waals surface area contributed by atoms with Crippen molar-refractivity contribution in [2.24, 2.45) is 0 Å². The van der Waals surface area contributed by atoms with Gasteiger partial charge in [0.25, 0.3) is 11.8 Å². The molecular weight excluding hydrogens is 436 g/mol. The minimum Gasteiger partial charge on any atom is -0.302 e. The van der Waals surface area contributed by atoms with Crippen molar-refractivity contribution >= 4 is 57.0 Å². The van der Waals surface area contributed by atoms with Gasteiger partial charge in [-0.05, 0) is 34.0 Å². The van der Waals surface area contributed by atoms with E-state index in [-0.39, 0.29) is 11.8 Å². The molecule has 6 heteroatoms. The van der Waals surface area contributed by atoms with E-state index in [0.29, 0.717) is 24.2 Å². The molecule has 0 unspecified atom stereocenters. The molecule has 0 saturated carbocycles. The van der Waals surface area contributed by atoms with Gasteiger partial charge in [0, 0.05) is 0 Å². The van der Waals surface area contributed by atoms with Gasteiger partial charge in [0.2, 0.25) is 0 Å². The quantitative estimate of drug-likeness (QED) is 0.365. The Morgan fingerprint density at radius 2 is 0.969 bits per heavy atom. The van der Waals surface area contributed by atoms with Crippen LogP contribution in [0, 0.1) is 0 Å². The van der Waals surface area contributed by atoms with Crippen LogP contribution in [0.5, 0.6) is 0 Å². The Hall–Kier alpha value is -3.48. The summed E-state index contributed by atoms with van der Waals surface area (Å²) < 4.78 is 0. The normalized spacial score (nSPS) is 17.2. The van der Waals surface area contributed by atoms with Crippen molar-refractivity contribution in [3.05, 3.63) is 104 Å². The van der Waals surface area contributed by atoms with Crippen LogP contribution in [0.4, 0.5) is 11.4 Å². The number of carbonyl (C=O) groups is 2. The molecule has 2 aliphatic heterocycles. The summed E-state index contributed by atoms with van der Waals surface area (Å²) in [6, 6.07) is 23.9. The second kappa shape index (κ2) is 7.58. The van der Waals surface area contributed by atoms with Gasteiger partial charge >= 0.3 is 0 Å². The number of benzene rings is 2. The Labute approximate surface area is 193 Å². The molecule has 0 saturated heterocycles. The lowest BCUT2D eigenvalue weighted by Crippen LogP contribution is -2.28. The lowest BCUT2D eigenvalue weighted by molar-refractivity contribution is -0.114. The molecule has 0 atom stereocenters. The highest BCUT2D eigenvalue weighted by Crippen LogP contribution is 2.50. The van der Waals surface area contributed by atoms with Crippen molar-refractivity contribution in [2.45, 2.75) is 13.1 Å². The average molecular weight is 455 g/mol. The summed E-state index contributed by atoms with van der Waals surface area (Å²) in [7, 11) is 0. The Bertz CT molecular complexity index is 1260. The van der Waals surface area contributed by atoms with Crippen LogP contribution in [0.1, 0.15) is 20.9 Å². The fraction of sp³-hybridized carbons (Fsp3) is 0.0769. The lowest BCUT2D eigenvalue weighted by Gasteiger charge is -2.17. The van der Waals surface area contributed by atoms with Crippen molar-refractivity contribution in [2.75, 3.05) is 9.80 Å². The predicted molar refractivity (Wildman–Crippen MR) is 131 cm³/mol. The molecule has 0 radical (unpaired) electrons. The van der Waals surface area contributed by atoms with E-state index in [9.17, 15) is 9.59 Å². The maximum atomic E-state index is 13.7. The molecule has 156 valence electrons. The highest BCUT2D eigenvalue weighted by molar-refractivity contribution is 7.14. The van der Waals surface area contributed by atoms with E-state index in [1.807, 2.05) is 83.6 Å². The first-order chi connectivity index (χ1) is 15.7. The third kappa shape index (κ3) is 2.95. The molecule has 2 aromatic heterocycles. The number of fused-ring (bicyclic) bond motifs is 2. The molecule has 2 amide bonds. The molecule has 0 N–H and O–H groups in total. The summed E-state index contributed by atoms with van der Waals surface area (Å²) in [6.07, 6.45) is 0. The van der Waals surface area contributed by atoms with Crippen molar-refractivity contribution in [1.82, 2.24) is 0 Å². The zero-order valence-corrected chi connectivity index (χ0v) is 18.7. The topological polar surface area (TPSA) is 40.6 Å². The SMILES string of the molecule is O=C1C(=C2C(=O)N(Cc3ccccc3)c3ccsc32)c2sccc2N1Cc1ccccc1. The molecule has 0 bridgehead atoms. The Morgan fingerprint density at radius 3 is 1.38 bits per heavy atom. The first-order valence-electron chi connectivity index (χ1n) is 10.3. The van der Waals surface area contributed by atoms with E-state index in [1.165, 1.54) is 22.7 Å². The molecule has 4 nitrogen and oxygen atoms in total. The van der Waals surface area contributed by atoms with Crippen LogP contribution in [-0.4, -0.2) is 11.8 Å². The first-order valence-corrected chi connectivity index (χ1v) is 12.1. The van der Waals surface area contributed by atoms with Gasteiger partial charge in [-0.1, -0.05) is 60.7 Å². The largest absolute Gasteiger partial charge is 0.302 e. The van der Waals surface area contributed by atoms with Gasteiger partial charge < -0.3 is 9.80 Å². The summed E-state index contributed by atoms with van der Waals surface area (Å²) in [4.78, 5) is 32.7. The summed E-state index contributed by atoms with van der Waals surface area (Å²) >= 11 is 3.05. The number of amides is 2. The predicted octanol–water partition coefficient (Wildman–Crippen LogP) is 5.81. The average Bonchev–Trinajstić information content (AvgIpc) is 3.57. The number of hydrogen-bond acceptors (Lipinski definition) is 4. The zero-order chi connectivity index (χ0) is 21.7. The van der Waals surface area contributed by atoms with Gasteiger partial charge in [0.05, 0.1) is 45.4 Å². The monoisotopic (exact) mass is 454 g/mol. The fourth-order valence-electron chi connectivity index (χ4n) is 4.37. The van der Waals surface area contributed by atoms with Crippen LogP contribution >= 0.6 is 22.7 Å². The fourth-order valence-corrected chi connectivity index (χ4v) is 6.25. The minimum absolute atomic E-state index is 0.0973. The second-order valence-electron chi connectivity index (χ2n) is 7.77. The number of anilines is 2. The van der Waals surface area contributed by atoms with E-state index in [2.05, 4.69) is 0 Å². The molecule has 2 aromatic carbocycles. The summed E-state index contributed by atoms with van der Waals surface area (Å²) in [5, 5.41) is 3.98. The summed E-state index contributed by atoms with van der Waals surface area (Å²) in [5.74, 6) is -0.195. The van der Waals surface area contributed by atoms with E-state index < -0.39 is 0 Å². The van der Waals surface area contributed by atoms with Crippen LogP contribution < -0.4 is 9.80 Å². The van der Waals surface area contributed by atoms with E-state index in [4.69, 9.17) is 0 Å². The van der Waals surface area contributed by atoms with Crippen LogP contribution in [-0.2, 0) is 22.7 Å². The van der Waals surface area contributed by atoms with Gasteiger partial charge in [0.15, 0.2) is 0 Å². The molecule has 0 fully saturated rings. The molecular formula is C26H18N2O2S2. The van der Waals surface area contributed by atoms with Crippen LogP contribution in [0.3, 0.4) is 0 Å². The van der Waals surface area contributed by atoms with Crippen molar-refractivity contribution in [1.29, 1.82) is 0 Å². The smallest absolute Gasteiger partial charge is 0.261 e. The van der Waals surface area contributed by atoms with Gasteiger partial charge in [-0.15, -0.1) is 22.7 Å². The number of nitrogens with zero attached hydrogens (tertiary/aromatic N) is 2. The lowest BCUT2D eigenvalue weighted by atomic mass is 10.1.